The van der Waals surface area contributed by atoms with Crippen molar-refractivity contribution in [3.63, 3.8) is 0 Å². The van der Waals surface area contributed by atoms with Gasteiger partial charge in [0.1, 0.15) is 22.5 Å². The molecule has 0 spiro atoms. The minimum atomic E-state index is -4.61. The number of ether oxygens (including phenoxy) is 1. The minimum Gasteiger partial charge on any atom is -0.496 e. The van der Waals surface area contributed by atoms with Crippen molar-refractivity contribution in [2.75, 3.05) is 12.4 Å². The maximum absolute atomic E-state index is 13.2. The highest BCUT2D eigenvalue weighted by atomic mass is 35.5. The minimum absolute atomic E-state index is 0.00578. The average Bonchev–Trinajstić information content (AvgIpc) is 2.83. The van der Waals surface area contributed by atoms with E-state index in [0.717, 1.165) is 23.5 Å². The van der Waals surface area contributed by atoms with Crippen LogP contribution in [0.15, 0.2) is 58.7 Å². The summed E-state index contributed by atoms with van der Waals surface area (Å²) >= 11 is 12.1. The number of benzene rings is 2. The van der Waals surface area contributed by atoms with Crippen molar-refractivity contribution in [1.29, 1.82) is 5.26 Å². The van der Waals surface area contributed by atoms with Gasteiger partial charge in [0.2, 0.25) is 0 Å². The number of halogens is 4. The Morgan fingerprint density at radius 3 is 2.61 bits per heavy atom. The number of methoxy groups -OCH3 is 1. The summed E-state index contributed by atoms with van der Waals surface area (Å²) in [5.41, 5.74) is 4.12. The fourth-order valence-corrected chi connectivity index (χ4v) is 4.35. The van der Waals surface area contributed by atoms with Gasteiger partial charge in [0, 0.05) is 22.0 Å². The highest BCUT2D eigenvalue weighted by Crippen LogP contribution is 2.35. The van der Waals surface area contributed by atoms with Crippen LogP contribution in [0.5, 0.6) is 5.75 Å². The number of thioether (sulfide) groups is 1. The maximum atomic E-state index is 13.2. The van der Waals surface area contributed by atoms with Crippen LogP contribution in [0.1, 0.15) is 27.9 Å². The highest BCUT2D eigenvalue weighted by molar-refractivity contribution is 7.98. The summed E-state index contributed by atoms with van der Waals surface area (Å²) in [6, 6.07) is 15.1. The van der Waals surface area contributed by atoms with Gasteiger partial charge < -0.3 is 10.1 Å². The number of nitrogens with one attached hydrogen (secondary N) is 2. The summed E-state index contributed by atoms with van der Waals surface area (Å²) in [5.74, 6) is 0.756. The summed E-state index contributed by atoms with van der Waals surface area (Å²) in [5, 5.41) is 17.4. The smallest absolute Gasteiger partial charge is 0.433 e. The molecular formula is C24H19ClF3N5OS2. The number of aryl methyl sites for hydroxylation is 1. The number of pyridine rings is 1. The van der Waals surface area contributed by atoms with Crippen LogP contribution < -0.4 is 15.5 Å². The molecule has 0 atom stereocenters. The number of aromatic nitrogens is 1. The molecular weight excluding hydrogens is 531 g/mol. The molecule has 36 heavy (non-hydrogen) atoms. The molecule has 0 bridgehead atoms. The first kappa shape index (κ1) is 27.3. The van der Waals surface area contributed by atoms with E-state index < -0.39 is 11.9 Å². The second-order valence-electron chi connectivity index (χ2n) is 7.31. The van der Waals surface area contributed by atoms with E-state index in [-0.39, 0.29) is 27.0 Å². The molecule has 2 aromatic carbocycles. The quantitative estimate of drug-likeness (QED) is 0.149. The van der Waals surface area contributed by atoms with Gasteiger partial charge in [-0.15, -0.1) is 11.8 Å². The van der Waals surface area contributed by atoms with Gasteiger partial charge in [-0.2, -0.15) is 23.5 Å². The van der Waals surface area contributed by atoms with Crippen LogP contribution in [0.4, 0.5) is 18.9 Å². The number of hydrogen-bond acceptors (Lipinski definition) is 6. The van der Waals surface area contributed by atoms with Crippen LogP contribution in [0.2, 0.25) is 5.02 Å². The Balaban J connectivity index is 1.73. The van der Waals surface area contributed by atoms with E-state index in [9.17, 15) is 18.4 Å². The predicted molar refractivity (Wildman–Crippen MR) is 140 cm³/mol. The number of hydrogen-bond donors (Lipinski definition) is 2. The van der Waals surface area contributed by atoms with Crippen molar-refractivity contribution >= 4 is 52.6 Å². The molecule has 0 fully saturated rings. The summed E-state index contributed by atoms with van der Waals surface area (Å²) in [6.07, 6.45) is -3.07. The lowest BCUT2D eigenvalue weighted by molar-refractivity contribution is -0.141. The van der Waals surface area contributed by atoms with Crippen molar-refractivity contribution in [1.82, 2.24) is 10.4 Å². The van der Waals surface area contributed by atoms with Gasteiger partial charge in [-0.3, -0.25) is 5.43 Å². The number of alkyl halides is 3. The molecule has 3 rings (SSSR count). The van der Waals surface area contributed by atoms with Gasteiger partial charge >= 0.3 is 6.18 Å². The van der Waals surface area contributed by atoms with Crippen molar-refractivity contribution in [2.45, 2.75) is 23.9 Å². The lowest BCUT2D eigenvalue weighted by atomic mass is 10.1. The third-order valence-corrected chi connectivity index (χ3v) is 6.21. The number of hydrazone groups is 1. The van der Waals surface area contributed by atoms with Crippen molar-refractivity contribution in [2.24, 2.45) is 5.10 Å². The van der Waals surface area contributed by atoms with Gasteiger partial charge in [-0.05, 0) is 78.8 Å². The molecule has 0 aliphatic rings. The Kier molecular flexibility index (Phi) is 9.14. The third-order valence-electron chi connectivity index (χ3n) is 4.74. The van der Waals surface area contributed by atoms with Gasteiger partial charge in [0.25, 0.3) is 0 Å². The molecule has 1 heterocycles. The van der Waals surface area contributed by atoms with Gasteiger partial charge in [-0.1, -0.05) is 11.6 Å². The molecule has 186 valence electrons. The molecule has 6 nitrogen and oxygen atoms in total. The zero-order valence-electron chi connectivity index (χ0n) is 19.0. The molecule has 12 heteroatoms. The molecule has 0 amide bonds. The maximum Gasteiger partial charge on any atom is 0.433 e. The second-order valence-corrected chi connectivity index (χ2v) is 9.11. The van der Waals surface area contributed by atoms with Crippen molar-refractivity contribution in [3.05, 3.63) is 81.5 Å². The molecule has 0 saturated carbocycles. The van der Waals surface area contributed by atoms with Crippen LogP contribution in [0, 0.1) is 18.3 Å². The van der Waals surface area contributed by atoms with Crippen LogP contribution in [0.3, 0.4) is 0 Å². The summed E-state index contributed by atoms with van der Waals surface area (Å²) in [7, 11) is 1.49. The van der Waals surface area contributed by atoms with E-state index in [1.807, 2.05) is 6.07 Å². The number of rotatable bonds is 7. The highest BCUT2D eigenvalue weighted by Gasteiger charge is 2.34. The van der Waals surface area contributed by atoms with Crippen LogP contribution in [-0.4, -0.2) is 23.4 Å². The van der Waals surface area contributed by atoms with E-state index in [1.54, 1.807) is 42.5 Å². The van der Waals surface area contributed by atoms with E-state index in [0.29, 0.717) is 21.9 Å². The fourth-order valence-electron chi connectivity index (χ4n) is 3.02. The first-order valence-corrected chi connectivity index (χ1v) is 12.0. The SMILES string of the molecule is COc1ccc(/C=N/NC(=S)Nc2ccc(Cl)cc2)cc1CSc1nc(C(F)(F)F)cc(C)c1C#N. The lowest BCUT2D eigenvalue weighted by Gasteiger charge is -2.13. The third kappa shape index (κ3) is 7.34. The van der Waals surface area contributed by atoms with Gasteiger partial charge in [0.15, 0.2) is 5.11 Å². The van der Waals surface area contributed by atoms with Crippen molar-refractivity contribution in [3.8, 4) is 11.8 Å². The summed E-state index contributed by atoms with van der Waals surface area (Å²) in [6.45, 7) is 1.45. The Labute approximate surface area is 220 Å². The molecule has 0 radical (unpaired) electrons. The number of anilines is 1. The largest absolute Gasteiger partial charge is 0.496 e. The molecule has 0 saturated heterocycles. The van der Waals surface area contributed by atoms with Gasteiger partial charge in [0.05, 0.1) is 18.9 Å². The van der Waals surface area contributed by atoms with E-state index in [2.05, 4.69) is 20.8 Å². The standard InChI is InChI=1S/C24H19ClF3N5OS2/c1-14-9-21(24(26,27)28)32-22(19(14)11-29)36-13-16-10-15(3-8-20(16)34-2)12-30-33-23(35)31-18-6-4-17(25)5-7-18/h3-10,12H,13H2,1-2H3,(H2,31,33,35)/b30-12+. The zero-order valence-corrected chi connectivity index (χ0v) is 21.4. The average molecular weight is 550 g/mol. The van der Waals surface area contributed by atoms with Crippen LogP contribution in [-0.2, 0) is 11.9 Å². The Morgan fingerprint density at radius 1 is 1.25 bits per heavy atom. The second kappa shape index (κ2) is 12.1. The van der Waals surface area contributed by atoms with Crippen LogP contribution in [0.25, 0.3) is 0 Å². The topological polar surface area (TPSA) is 82.3 Å². The Bertz CT molecular complexity index is 1330. The summed E-state index contributed by atoms with van der Waals surface area (Å²) < 4.78 is 45.0. The van der Waals surface area contributed by atoms with E-state index in [1.165, 1.54) is 20.2 Å². The molecule has 3 aromatic rings. The van der Waals surface area contributed by atoms with Crippen LogP contribution >= 0.6 is 35.6 Å². The molecule has 0 aliphatic heterocycles. The van der Waals surface area contributed by atoms with Crippen molar-refractivity contribution < 1.29 is 17.9 Å². The zero-order chi connectivity index (χ0) is 26.3. The monoisotopic (exact) mass is 549 g/mol. The van der Waals surface area contributed by atoms with E-state index in [4.69, 9.17) is 28.6 Å². The molecule has 2 N–H and O–H groups in total. The Morgan fingerprint density at radius 2 is 1.97 bits per heavy atom. The first-order chi connectivity index (χ1) is 17.1. The molecule has 1 aromatic heterocycles. The predicted octanol–water partition coefficient (Wildman–Crippen LogP) is 6.56. The molecule has 0 unspecified atom stereocenters. The number of thiocarbonyl (C=S) groups is 1. The first-order valence-electron chi connectivity index (χ1n) is 10.2. The lowest BCUT2D eigenvalue weighted by Crippen LogP contribution is -2.23. The summed E-state index contributed by atoms with van der Waals surface area (Å²) in [4.78, 5) is 3.69. The number of nitrogens with zero attached hydrogens (tertiary/aromatic N) is 3. The van der Waals surface area contributed by atoms with Gasteiger partial charge in [-0.25, -0.2) is 4.98 Å². The normalized spacial score (nSPS) is 11.2. The fraction of sp³-hybridized carbons (Fsp3) is 0.167. The molecule has 0 aliphatic carbocycles. The Hall–Kier alpha value is -3.33. The van der Waals surface area contributed by atoms with E-state index >= 15 is 0 Å². The number of nitriles is 1.